The molecular formula is C14H21Cl2N3O. The highest BCUT2D eigenvalue weighted by molar-refractivity contribution is 5.92. The zero-order valence-electron chi connectivity index (χ0n) is 11.5. The van der Waals surface area contributed by atoms with Crippen molar-refractivity contribution in [1.82, 2.24) is 15.2 Å². The van der Waals surface area contributed by atoms with Gasteiger partial charge in [-0.25, -0.2) is 0 Å². The average Bonchev–Trinajstić information content (AvgIpc) is 3.23. The van der Waals surface area contributed by atoms with E-state index in [-0.39, 0.29) is 36.8 Å². The van der Waals surface area contributed by atoms with Gasteiger partial charge in [0.2, 0.25) is 0 Å². The molecule has 2 aliphatic rings. The Morgan fingerprint density at radius 2 is 2.10 bits per heavy atom. The van der Waals surface area contributed by atoms with Crippen LogP contribution in [0.5, 0.6) is 0 Å². The van der Waals surface area contributed by atoms with Crippen LogP contribution in [0.3, 0.4) is 0 Å². The highest BCUT2D eigenvalue weighted by Gasteiger charge is 2.26. The highest BCUT2D eigenvalue weighted by Crippen LogP contribution is 2.39. The molecule has 2 heterocycles. The highest BCUT2D eigenvalue weighted by atomic mass is 35.5. The molecule has 1 aromatic rings. The molecule has 6 heteroatoms. The fraction of sp³-hybridized carbons (Fsp3) is 0.571. The van der Waals surface area contributed by atoms with Gasteiger partial charge in [-0.1, -0.05) is 6.07 Å². The minimum atomic E-state index is 0. The lowest BCUT2D eigenvalue weighted by molar-refractivity contribution is 0.0649. The van der Waals surface area contributed by atoms with E-state index in [4.69, 9.17) is 0 Å². The Morgan fingerprint density at radius 3 is 2.65 bits per heavy atom. The number of aromatic nitrogens is 1. The SMILES string of the molecule is C[C@H]1CNCCN1C(=O)c1ccc(C2CC2)cn1.Cl.Cl. The van der Waals surface area contributed by atoms with Crippen molar-refractivity contribution in [3.8, 4) is 0 Å². The van der Waals surface area contributed by atoms with Gasteiger partial charge in [0.15, 0.2) is 0 Å². The summed E-state index contributed by atoms with van der Waals surface area (Å²) in [6.45, 7) is 4.58. The molecule has 0 bridgehead atoms. The van der Waals surface area contributed by atoms with E-state index in [9.17, 15) is 4.79 Å². The number of rotatable bonds is 2. The van der Waals surface area contributed by atoms with Crippen molar-refractivity contribution < 1.29 is 4.79 Å². The fourth-order valence-corrected chi connectivity index (χ4v) is 2.48. The minimum Gasteiger partial charge on any atom is -0.332 e. The molecule has 1 N–H and O–H groups in total. The van der Waals surface area contributed by atoms with Crippen LogP contribution in [0.25, 0.3) is 0 Å². The number of nitrogens with one attached hydrogen (secondary N) is 1. The van der Waals surface area contributed by atoms with Crippen LogP contribution in [0.4, 0.5) is 0 Å². The fourth-order valence-electron chi connectivity index (χ4n) is 2.48. The van der Waals surface area contributed by atoms with Gasteiger partial charge in [-0.2, -0.15) is 0 Å². The Morgan fingerprint density at radius 1 is 1.35 bits per heavy atom. The molecule has 20 heavy (non-hydrogen) atoms. The molecule has 1 aliphatic heterocycles. The predicted octanol–water partition coefficient (Wildman–Crippen LogP) is 2.24. The van der Waals surface area contributed by atoms with Crippen molar-refractivity contribution in [1.29, 1.82) is 0 Å². The maximum absolute atomic E-state index is 12.3. The third-order valence-corrected chi connectivity index (χ3v) is 3.82. The Balaban J connectivity index is 0.000001000. The van der Waals surface area contributed by atoms with Crippen molar-refractivity contribution in [2.75, 3.05) is 19.6 Å². The number of pyridine rings is 1. The van der Waals surface area contributed by atoms with Crippen LogP contribution in [0.2, 0.25) is 0 Å². The van der Waals surface area contributed by atoms with Gasteiger partial charge >= 0.3 is 0 Å². The third-order valence-electron chi connectivity index (χ3n) is 3.82. The summed E-state index contributed by atoms with van der Waals surface area (Å²) >= 11 is 0. The number of nitrogens with zero attached hydrogens (tertiary/aromatic N) is 2. The molecular weight excluding hydrogens is 297 g/mol. The third kappa shape index (κ3) is 3.62. The molecule has 0 radical (unpaired) electrons. The van der Waals surface area contributed by atoms with Crippen LogP contribution in [0.1, 0.15) is 41.7 Å². The lowest BCUT2D eigenvalue weighted by Crippen LogP contribution is -2.52. The van der Waals surface area contributed by atoms with Crippen molar-refractivity contribution >= 4 is 30.7 Å². The number of carbonyl (C=O) groups is 1. The van der Waals surface area contributed by atoms with Crippen LogP contribution < -0.4 is 5.32 Å². The van der Waals surface area contributed by atoms with E-state index in [0.29, 0.717) is 11.6 Å². The number of hydrogen-bond donors (Lipinski definition) is 1. The number of carbonyl (C=O) groups excluding carboxylic acids is 1. The molecule has 0 spiro atoms. The quantitative estimate of drug-likeness (QED) is 0.909. The van der Waals surface area contributed by atoms with Crippen molar-refractivity contribution in [3.05, 3.63) is 29.6 Å². The lowest BCUT2D eigenvalue weighted by atomic mass is 10.1. The number of hydrogen-bond acceptors (Lipinski definition) is 3. The zero-order valence-corrected chi connectivity index (χ0v) is 13.2. The Hall–Kier alpha value is -0.840. The number of amides is 1. The molecule has 2 fully saturated rings. The predicted molar refractivity (Wildman–Crippen MR) is 84.1 cm³/mol. The first-order valence-electron chi connectivity index (χ1n) is 6.73. The molecule has 4 nitrogen and oxygen atoms in total. The average molecular weight is 318 g/mol. The summed E-state index contributed by atoms with van der Waals surface area (Å²) in [5.41, 5.74) is 1.85. The summed E-state index contributed by atoms with van der Waals surface area (Å²) in [4.78, 5) is 18.6. The number of piperazine rings is 1. The van der Waals surface area contributed by atoms with Crippen LogP contribution >= 0.6 is 24.8 Å². The molecule has 0 aromatic carbocycles. The van der Waals surface area contributed by atoms with Crippen LogP contribution in [-0.4, -0.2) is 41.5 Å². The molecule has 3 rings (SSSR count). The van der Waals surface area contributed by atoms with Gasteiger partial charge in [-0.3, -0.25) is 9.78 Å². The first-order chi connectivity index (χ1) is 8.75. The van der Waals surface area contributed by atoms with Crippen LogP contribution in [0.15, 0.2) is 18.3 Å². The summed E-state index contributed by atoms with van der Waals surface area (Å²) in [7, 11) is 0. The van der Waals surface area contributed by atoms with E-state index in [1.807, 2.05) is 17.2 Å². The maximum atomic E-state index is 12.3. The smallest absolute Gasteiger partial charge is 0.272 e. The van der Waals surface area contributed by atoms with Crippen molar-refractivity contribution in [2.24, 2.45) is 0 Å². The van der Waals surface area contributed by atoms with Gasteiger partial charge in [0.1, 0.15) is 5.69 Å². The summed E-state index contributed by atoms with van der Waals surface area (Å²) < 4.78 is 0. The first kappa shape index (κ1) is 17.2. The second kappa shape index (κ2) is 7.25. The Labute approximate surface area is 132 Å². The molecule has 1 aromatic heterocycles. The Bertz CT molecular complexity index is 448. The molecule has 1 amide bonds. The number of halogens is 2. The van der Waals surface area contributed by atoms with Gasteiger partial charge in [0, 0.05) is 31.9 Å². The van der Waals surface area contributed by atoms with Crippen molar-refractivity contribution in [2.45, 2.75) is 31.7 Å². The zero-order chi connectivity index (χ0) is 12.5. The van der Waals surface area contributed by atoms with Gasteiger partial charge in [0.05, 0.1) is 0 Å². The van der Waals surface area contributed by atoms with Crippen molar-refractivity contribution in [3.63, 3.8) is 0 Å². The molecule has 0 unspecified atom stereocenters. The van der Waals surface area contributed by atoms with Crippen LogP contribution in [0, 0.1) is 0 Å². The lowest BCUT2D eigenvalue weighted by Gasteiger charge is -2.33. The standard InChI is InChI=1S/C14H19N3O.2ClH/c1-10-8-15-6-7-17(10)14(18)13-5-4-12(9-16-13)11-2-3-11;;/h4-5,9-11,15H,2-3,6-8H2,1H3;2*1H/t10-;;/m0../s1. The second-order valence-electron chi connectivity index (χ2n) is 5.30. The minimum absolute atomic E-state index is 0. The van der Waals surface area contributed by atoms with E-state index in [1.54, 1.807) is 0 Å². The summed E-state index contributed by atoms with van der Waals surface area (Å²) in [5, 5.41) is 3.29. The normalized spacial score (nSPS) is 21.6. The topological polar surface area (TPSA) is 45.2 Å². The first-order valence-corrected chi connectivity index (χ1v) is 6.73. The van der Waals surface area contributed by atoms with Gasteiger partial charge in [-0.05, 0) is 37.3 Å². The molecule has 112 valence electrons. The van der Waals surface area contributed by atoms with E-state index in [0.717, 1.165) is 19.6 Å². The molecule has 1 aliphatic carbocycles. The molecule has 1 saturated heterocycles. The molecule has 1 saturated carbocycles. The molecule has 1 atom stereocenters. The van der Waals surface area contributed by atoms with E-state index in [1.165, 1.54) is 18.4 Å². The Kier molecular flexibility index (Phi) is 6.24. The summed E-state index contributed by atoms with van der Waals surface area (Å²) in [5.74, 6) is 0.756. The van der Waals surface area contributed by atoms with E-state index < -0.39 is 0 Å². The van der Waals surface area contributed by atoms with E-state index >= 15 is 0 Å². The van der Waals surface area contributed by atoms with Gasteiger partial charge < -0.3 is 10.2 Å². The largest absolute Gasteiger partial charge is 0.332 e. The second-order valence-corrected chi connectivity index (χ2v) is 5.30. The van der Waals surface area contributed by atoms with Gasteiger partial charge in [-0.15, -0.1) is 24.8 Å². The van der Waals surface area contributed by atoms with Gasteiger partial charge in [0.25, 0.3) is 5.91 Å². The van der Waals surface area contributed by atoms with E-state index in [2.05, 4.69) is 23.3 Å². The van der Waals surface area contributed by atoms with Crippen LogP contribution in [-0.2, 0) is 0 Å². The monoisotopic (exact) mass is 317 g/mol. The maximum Gasteiger partial charge on any atom is 0.272 e. The summed E-state index contributed by atoms with van der Waals surface area (Å²) in [6.07, 6.45) is 4.41. The summed E-state index contributed by atoms with van der Waals surface area (Å²) in [6, 6.07) is 4.19.